The zero-order chi connectivity index (χ0) is 29.7. The van der Waals surface area contributed by atoms with Gasteiger partial charge in [-0.3, -0.25) is 9.17 Å². The zero-order valence-corrected chi connectivity index (χ0v) is 25.2. The van der Waals surface area contributed by atoms with E-state index in [2.05, 4.69) is 21.4 Å². The molecule has 5 aromatic rings. The number of hydrogen-bond donors (Lipinski definition) is 1. The number of aromatic nitrogens is 3. The number of imidazole rings is 1. The fourth-order valence-corrected chi connectivity index (χ4v) is 6.13. The van der Waals surface area contributed by atoms with Gasteiger partial charge >= 0.3 is 0 Å². The highest BCUT2D eigenvalue weighted by Gasteiger charge is 2.14. The van der Waals surface area contributed by atoms with Crippen molar-refractivity contribution in [2.45, 2.75) is 28.3 Å². The third-order valence-corrected chi connectivity index (χ3v) is 9.24. The first-order valence-corrected chi connectivity index (χ1v) is 15.5. The maximum absolute atomic E-state index is 12.4. The third kappa shape index (κ3) is 6.83. The van der Waals surface area contributed by atoms with E-state index in [0.717, 1.165) is 32.3 Å². The van der Waals surface area contributed by atoms with E-state index in [4.69, 9.17) is 15.8 Å². The largest absolute Gasteiger partial charge is 0.354 e. The van der Waals surface area contributed by atoms with Crippen molar-refractivity contribution in [2.75, 3.05) is 11.9 Å². The summed E-state index contributed by atoms with van der Waals surface area (Å²) in [5.41, 5.74) is 4.32. The average molecular weight is 616 g/mol. The number of pyridine rings is 1. The molecule has 0 aliphatic heterocycles. The standard InChI is InChI=1S/C31H26ClN5O3S2/c1-21-6-10-25(11-7-21)42(38,39)40-16-4-3-5-22-8-12-26-28(17-22)35-20-23(19-33)30(26)36-24-9-13-29(27(32)18-24)41-31-34-14-15-37(31)2/h3,5-15,17-18,20H,4,16H2,1-2H3,(H,35,36). The molecule has 0 saturated carbocycles. The lowest BCUT2D eigenvalue weighted by Crippen LogP contribution is -2.07. The van der Waals surface area contributed by atoms with Gasteiger partial charge in [-0.25, -0.2) is 4.98 Å². The second-order valence-corrected chi connectivity index (χ2v) is 12.4. The summed E-state index contributed by atoms with van der Waals surface area (Å²) in [6, 6.07) is 20.1. The molecule has 0 atom stereocenters. The molecular formula is C31H26ClN5O3S2. The molecule has 42 heavy (non-hydrogen) atoms. The molecule has 0 radical (unpaired) electrons. The van der Waals surface area contributed by atoms with Crippen LogP contribution in [0.15, 0.2) is 100 Å². The lowest BCUT2D eigenvalue weighted by molar-refractivity contribution is 0.325. The SMILES string of the molecule is Cc1ccc(S(=O)(=O)OCCC=Cc2ccc3c(Nc4ccc(Sc5nccn5C)c(Cl)c4)c(C#N)cnc3c2)cc1. The number of nitrogens with one attached hydrogen (secondary N) is 1. The van der Waals surface area contributed by atoms with Crippen molar-refractivity contribution in [3.05, 3.63) is 107 Å². The molecule has 11 heteroatoms. The summed E-state index contributed by atoms with van der Waals surface area (Å²) in [7, 11) is -1.87. The van der Waals surface area contributed by atoms with Crippen LogP contribution in [-0.2, 0) is 21.3 Å². The van der Waals surface area contributed by atoms with E-state index in [0.29, 0.717) is 28.2 Å². The molecule has 3 aromatic carbocycles. The minimum Gasteiger partial charge on any atom is -0.354 e. The molecule has 5 rings (SSSR count). The fraction of sp³-hybridized carbons (Fsp3) is 0.129. The maximum atomic E-state index is 12.4. The summed E-state index contributed by atoms with van der Waals surface area (Å²) in [6.07, 6.45) is 9.29. The summed E-state index contributed by atoms with van der Waals surface area (Å²) in [5.74, 6) is 0. The van der Waals surface area contributed by atoms with Crippen LogP contribution in [0.4, 0.5) is 11.4 Å². The number of fused-ring (bicyclic) bond motifs is 1. The lowest BCUT2D eigenvalue weighted by atomic mass is 10.1. The number of benzene rings is 3. The Morgan fingerprint density at radius 3 is 2.64 bits per heavy atom. The van der Waals surface area contributed by atoms with Gasteiger partial charge in [0.2, 0.25) is 0 Å². The van der Waals surface area contributed by atoms with E-state index in [1.807, 2.05) is 73.3 Å². The molecule has 2 heterocycles. The van der Waals surface area contributed by atoms with Gasteiger partial charge in [0, 0.05) is 41.6 Å². The van der Waals surface area contributed by atoms with Crippen LogP contribution in [0.3, 0.4) is 0 Å². The Balaban J connectivity index is 1.28. The van der Waals surface area contributed by atoms with Crippen LogP contribution in [0.25, 0.3) is 17.0 Å². The Bertz CT molecular complexity index is 1930. The second-order valence-electron chi connectivity index (χ2n) is 9.41. The number of hydrogen-bond acceptors (Lipinski definition) is 8. The van der Waals surface area contributed by atoms with Gasteiger partial charge < -0.3 is 9.88 Å². The highest BCUT2D eigenvalue weighted by molar-refractivity contribution is 7.99. The number of nitrogens with zero attached hydrogens (tertiary/aromatic N) is 4. The Labute approximate surface area is 253 Å². The van der Waals surface area contributed by atoms with Crippen LogP contribution in [0.2, 0.25) is 5.02 Å². The Hall–Kier alpha value is -4.14. The molecule has 0 bridgehead atoms. The molecule has 2 aromatic heterocycles. The van der Waals surface area contributed by atoms with Crippen molar-refractivity contribution >= 4 is 61.8 Å². The van der Waals surface area contributed by atoms with Crippen LogP contribution in [-0.4, -0.2) is 29.6 Å². The van der Waals surface area contributed by atoms with Crippen molar-refractivity contribution in [3.63, 3.8) is 0 Å². The molecule has 1 N–H and O–H groups in total. The van der Waals surface area contributed by atoms with Gasteiger partial charge in [-0.05, 0) is 55.3 Å². The van der Waals surface area contributed by atoms with Gasteiger partial charge in [-0.1, -0.05) is 65.3 Å². The highest BCUT2D eigenvalue weighted by atomic mass is 35.5. The van der Waals surface area contributed by atoms with E-state index in [1.165, 1.54) is 30.1 Å². The van der Waals surface area contributed by atoms with E-state index in [-0.39, 0.29) is 11.5 Å². The number of rotatable bonds is 10. The topological polar surface area (TPSA) is 110 Å². The predicted molar refractivity (Wildman–Crippen MR) is 166 cm³/mol. The van der Waals surface area contributed by atoms with Crippen molar-refractivity contribution in [3.8, 4) is 6.07 Å². The number of aryl methyl sites for hydroxylation is 2. The summed E-state index contributed by atoms with van der Waals surface area (Å²) < 4.78 is 31.8. The molecule has 0 aliphatic carbocycles. The molecule has 0 amide bonds. The molecule has 0 fully saturated rings. The lowest BCUT2D eigenvalue weighted by Gasteiger charge is -2.13. The fourth-order valence-electron chi connectivity index (χ4n) is 4.11. The molecule has 8 nitrogen and oxygen atoms in total. The van der Waals surface area contributed by atoms with Gasteiger partial charge in [0.15, 0.2) is 5.16 Å². The predicted octanol–water partition coefficient (Wildman–Crippen LogP) is 7.51. The van der Waals surface area contributed by atoms with Gasteiger partial charge in [0.25, 0.3) is 10.1 Å². The molecule has 0 unspecified atom stereocenters. The van der Waals surface area contributed by atoms with Crippen molar-refractivity contribution in [2.24, 2.45) is 7.05 Å². The monoisotopic (exact) mass is 615 g/mol. The first-order chi connectivity index (χ1) is 20.2. The molecule has 212 valence electrons. The number of halogens is 1. The van der Waals surface area contributed by atoms with E-state index >= 15 is 0 Å². The number of anilines is 2. The van der Waals surface area contributed by atoms with Gasteiger partial charge in [0.1, 0.15) is 6.07 Å². The van der Waals surface area contributed by atoms with E-state index < -0.39 is 10.1 Å². The molecule has 0 saturated heterocycles. The second kappa shape index (κ2) is 12.8. The van der Waals surface area contributed by atoms with Crippen LogP contribution < -0.4 is 5.32 Å². The molecule has 0 aliphatic rings. The first-order valence-electron chi connectivity index (χ1n) is 12.9. The average Bonchev–Trinajstić information content (AvgIpc) is 3.38. The minimum absolute atomic E-state index is 0.0275. The Kier molecular flexibility index (Phi) is 8.94. The van der Waals surface area contributed by atoms with Gasteiger partial charge in [0.05, 0.1) is 33.3 Å². The van der Waals surface area contributed by atoms with Crippen LogP contribution in [0, 0.1) is 18.3 Å². The Morgan fingerprint density at radius 1 is 1.12 bits per heavy atom. The summed E-state index contributed by atoms with van der Waals surface area (Å²) >= 11 is 8.05. The third-order valence-electron chi connectivity index (χ3n) is 6.34. The minimum atomic E-state index is -3.80. The Morgan fingerprint density at radius 2 is 1.93 bits per heavy atom. The summed E-state index contributed by atoms with van der Waals surface area (Å²) in [6.45, 7) is 1.92. The summed E-state index contributed by atoms with van der Waals surface area (Å²) in [4.78, 5) is 9.81. The van der Waals surface area contributed by atoms with Crippen molar-refractivity contribution in [1.82, 2.24) is 14.5 Å². The van der Waals surface area contributed by atoms with Crippen molar-refractivity contribution in [1.29, 1.82) is 5.26 Å². The van der Waals surface area contributed by atoms with Crippen LogP contribution >= 0.6 is 23.4 Å². The number of nitriles is 1. The van der Waals surface area contributed by atoms with Crippen molar-refractivity contribution < 1.29 is 12.6 Å². The summed E-state index contributed by atoms with van der Waals surface area (Å²) in [5, 5.41) is 15.3. The van der Waals surface area contributed by atoms with Gasteiger partial charge in [-0.15, -0.1) is 0 Å². The highest BCUT2D eigenvalue weighted by Crippen LogP contribution is 2.36. The van der Waals surface area contributed by atoms with Crippen LogP contribution in [0.5, 0.6) is 0 Å². The van der Waals surface area contributed by atoms with E-state index in [9.17, 15) is 13.7 Å². The zero-order valence-electron chi connectivity index (χ0n) is 22.8. The molecule has 0 spiro atoms. The maximum Gasteiger partial charge on any atom is 0.296 e. The van der Waals surface area contributed by atoms with E-state index in [1.54, 1.807) is 18.3 Å². The quantitative estimate of drug-likeness (QED) is 0.127. The smallest absolute Gasteiger partial charge is 0.296 e. The normalized spacial score (nSPS) is 11.7. The van der Waals surface area contributed by atoms with Crippen LogP contribution in [0.1, 0.15) is 23.1 Å². The van der Waals surface area contributed by atoms with Gasteiger partial charge in [-0.2, -0.15) is 13.7 Å². The first kappa shape index (κ1) is 29.4. The molecular weight excluding hydrogens is 590 g/mol.